The molecule has 2 aromatic rings. The fourth-order valence-electron chi connectivity index (χ4n) is 1.79. The SMILES string of the molecule is Cc1ccc(C(C)NCC(=O)Nc2ccccc2Br)o1. The van der Waals surface area contributed by atoms with Crippen molar-refractivity contribution in [3.8, 4) is 0 Å². The van der Waals surface area contributed by atoms with Gasteiger partial charge in [0, 0.05) is 4.47 Å². The molecule has 0 saturated heterocycles. The lowest BCUT2D eigenvalue weighted by Gasteiger charge is -2.12. The Balaban J connectivity index is 1.85. The number of rotatable bonds is 5. The molecule has 1 atom stereocenters. The minimum atomic E-state index is -0.0907. The van der Waals surface area contributed by atoms with E-state index in [1.165, 1.54) is 0 Å². The molecule has 20 heavy (non-hydrogen) atoms. The number of benzene rings is 1. The van der Waals surface area contributed by atoms with Crippen molar-refractivity contribution in [1.82, 2.24) is 5.32 Å². The topological polar surface area (TPSA) is 54.3 Å². The second-order valence-electron chi connectivity index (χ2n) is 4.58. The molecule has 2 rings (SSSR count). The van der Waals surface area contributed by atoms with E-state index in [0.717, 1.165) is 21.7 Å². The highest BCUT2D eigenvalue weighted by Gasteiger charge is 2.11. The van der Waals surface area contributed by atoms with Crippen molar-refractivity contribution in [1.29, 1.82) is 0 Å². The predicted molar refractivity (Wildman–Crippen MR) is 82.6 cm³/mol. The predicted octanol–water partition coefficient (Wildman–Crippen LogP) is 3.64. The minimum Gasteiger partial charge on any atom is -0.465 e. The van der Waals surface area contributed by atoms with Gasteiger partial charge in [-0.3, -0.25) is 10.1 Å². The summed E-state index contributed by atoms with van der Waals surface area (Å²) in [6.45, 7) is 4.09. The van der Waals surface area contributed by atoms with Gasteiger partial charge in [-0.1, -0.05) is 12.1 Å². The van der Waals surface area contributed by atoms with Crippen molar-refractivity contribution in [2.45, 2.75) is 19.9 Å². The molecular formula is C15H17BrN2O2. The van der Waals surface area contributed by atoms with Crippen molar-refractivity contribution in [3.05, 3.63) is 52.4 Å². The first-order chi connectivity index (χ1) is 9.56. The van der Waals surface area contributed by atoms with E-state index < -0.39 is 0 Å². The second kappa shape index (κ2) is 6.72. The Morgan fingerprint density at radius 2 is 2.05 bits per heavy atom. The maximum atomic E-state index is 11.9. The summed E-state index contributed by atoms with van der Waals surface area (Å²) in [5.41, 5.74) is 0.765. The van der Waals surface area contributed by atoms with Crippen LogP contribution >= 0.6 is 15.9 Å². The number of carbonyl (C=O) groups excluding carboxylic acids is 1. The molecule has 1 aromatic heterocycles. The number of amides is 1. The number of para-hydroxylation sites is 1. The van der Waals surface area contributed by atoms with Crippen LogP contribution in [0.1, 0.15) is 24.5 Å². The Bertz CT molecular complexity index is 595. The summed E-state index contributed by atoms with van der Waals surface area (Å²) in [7, 11) is 0. The molecule has 0 aliphatic rings. The molecule has 5 heteroatoms. The molecule has 2 N–H and O–H groups in total. The number of aryl methyl sites for hydroxylation is 1. The summed E-state index contributed by atoms with van der Waals surface area (Å²) >= 11 is 3.39. The third-order valence-corrected chi connectivity index (χ3v) is 3.60. The smallest absolute Gasteiger partial charge is 0.238 e. The Kier molecular flexibility index (Phi) is 4.98. The van der Waals surface area contributed by atoms with Gasteiger partial charge in [-0.25, -0.2) is 0 Å². The second-order valence-corrected chi connectivity index (χ2v) is 5.43. The zero-order chi connectivity index (χ0) is 14.5. The van der Waals surface area contributed by atoms with E-state index in [4.69, 9.17) is 4.42 Å². The largest absolute Gasteiger partial charge is 0.465 e. The molecule has 0 spiro atoms. The molecule has 4 nitrogen and oxygen atoms in total. The number of halogens is 1. The molecule has 0 aliphatic heterocycles. The number of carbonyl (C=O) groups is 1. The summed E-state index contributed by atoms with van der Waals surface area (Å²) in [5, 5.41) is 5.97. The molecule has 1 heterocycles. The van der Waals surface area contributed by atoms with E-state index >= 15 is 0 Å². The van der Waals surface area contributed by atoms with Gasteiger partial charge in [-0.15, -0.1) is 0 Å². The molecule has 1 unspecified atom stereocenters. The number of hydrogen-bond donors (Lipinski definition) is 2. The van der Waals surface area contributed by atoms with E-state index in [0.29, 0.717) is 0 Å². The lowest BCUT2D eigenvalue weighted by molar-refractivity contribution is -0.115. The van der Waals surface area contributed by atoms with Gasteiger partial charge in [0.1, 0.15) is 11.5 Å². The summed E-state index contributed by atoms with van der Waals surface area (Å²) in [5.74, 6) is 1.61. The summed E-state index contributed by atoms with van der Waals surface area (Å²) in [6, 6.07) is 11.3. The van der Waals surface area contributed by atoms with Crippen LogP contribution in [0.2, 0.25) is 0 Å². The quantitative estimate of drug-likeness (QED) is 0.876. The molecule has 0 aliphatic carbocycles. The average molecular weight is 337 g/mol. The van der Waals surface area contributed by atoms with E-state index in [1.807, 2.05) is 50.2 Å². The molecule has 0 saturated carbocycles. The van der Waals surface area contributed by atoms with Crippen LogP contribution < -0.4 is 10.6 Å². The average Bonchev–Trinajstić information content (AvgIpc) is 2.85. The van der Waals surface area contributed by atoms with Gasteiger partial charge in [-0.05, 0) is 54.0 Å². The fourth-order valence-corrected chi connectivity index (χ4v) is 2.17. The van der Waals surface area contributed by atoms with Crippen LogP contribution in [0, 0.1) is 6.92 Å². The van der Waals surface area contributed by atoms with Crippen LogP contribution in [0.4, 0.5) is 5.69 Å². The third kappa shape index (κ3) is 3.95. The third-order valence-electron chi connectivity index (χ3n) is 2.90. The van der Waals surface area contributed by atoms with Gasteiger partial charge in [0.15, 0.2) is 0 Å². The van der Waals surface area contributed by atoms with Crippen molar-refractivity contribution >= 4 is 27.5 Å². The van der Waals surface area contributed by atoms with Crippen LogP contribution in [0.3, 0.4) is 0 Å². The summed E-state index contributed by atoms with van der Waals surface area (Å²) < 4.78 is 6.38. The zero-order valence-electron chi connectivity index (χ0n) is 11.4. The number of nitrogens with one attached hydrogen (secondary N) is 2. The number of furan rings is 1. The fraction of sp³-hybridized carbons (Fsp3) is 0.267. The molecule has 106 valence electrons. The first-order valence-electron chi connectivity index (χ1n) is 6.40. The molecule has 1 aromatic carbocycles. The van der Waals surface area contributed by atoms with Crippen LogP contribution in [0.25, 0.3) is 0 Å². The monoisotopic (exact) mass is 336 g/mol. The van der Waals surface area contributed by atoms with E-state index in [-0.39, 0.29) is 18.5 Å². The van der Waals surface area contributed by atoms with Gasteiger partial charge in [0.2, 0.25) is 5.91 Å². The van der Waals surface area contributed by atoms with Gasteiger partial charge in [0.25, 0.3) is 0 Å². The lowest BCUT2D eigenvalue weighted by Crippen LogP contribution is -2.30. The van der Waals surface area contributed by atoms with Gasteiger partial charge < -0.3 is 9.73 Å². The van der Waals surface area contributed by atoms with Gasteiger partial charge in [-0.2, -0.15) is 0 Å². The normalized spacial score (nSPS) is 12.2. The standard InChI is InChI=1S/C15H17BrN2O2/c1-10-7-8-14(20-10)11(2)17-9-15(19)18-13-6-4-3-5-12(13)16/h3-8,11,17H,9H2,1-2H3,(H,18,19). The van der Waals surface area contributed by atoms with Crippen molar-refractivity contribution in [2.24, 2.45) is 0 Å². The first kappa shape index (κ1) is 14.8. The van der Waals surface area contributed by atoms with Gasteiger partial charge >= 0.3 is 0 Å². The Hall–Kier alpha value is -1.59. The minimum absolute atomic E-state index is 0.00587. The van der Waals surface area contributed by atoms with E-state index in [2.05, 4.69) is 26.6 Å². The van der Waals surface area contributed by atoms with Crippen LogP contribution in [-0.4, -0.2) is 12.5 Å². The number of hydrogen-bond acceptors (Lipinski definition) is 3. The molecule has 0 bridgehead atoms. The maximum Gasteiger partial charge on any atom is 0.238 e. The molecule has 0 fully saturated rings. The van der Waals surface area contributed by atoms with Crippen LogP contribution in [0.5, 0.6) is 0 Å². The van der Waals surface area contributed by atoms with E-state index in [9.17, 15) is 4.79 Å². The first-order valence-corrected chi connectivity index (χ1v) is 7.19. The molecular weight excluding hydrogens is 320 g/mol. The summed E-state index contributed by atoms with van der Waals surface area (Å²) in [6.07, 6.45) is 0. The van der Waals surface area contributed by atoms with Crippen LogP contribution in [-0.2, 0) is 4.79 Å². The number of anilines is 1. The molecule has 0 radical (unpaired) electrons. The van der Waals surface area contributed by atoms with Crippen LogP contribution in [0.15, 0.2) is 45.3 Å². The maximum absolute atomic E-state index is 11.9. The summed E-state index contributed by atoms with van der Waals surface area (Å²) in [4.78, 5) is 11.9. The molecule has 1 amide bonds. The zero-order valence-corrected chi connectivity index (χ0v) is 13.0. The highest BCUT2D eigenvalue weighted by atomic mass is 79.9. The highest BCUT2D eigenvalue weighted by Crippen LogP contribution is 2.21. The van der Waals surface area contributed by atoms with Crippen molar-refractivity contribution in [3.63, 3.8) is 0 Å². The Morgan fingerprint density at radius 3 is 2.70 bits per heavy atom. The Morgan fingerprint density at radius 1 is 1.30 bits per heavy atom. The Labute approximate surface area is 126 Å². The van der Waals surface area contributed by atoms with Crippen molar-refractivity contribution < 1.29 is 9.21 Å². The highest BCUT2D eigenvalue weighted by molar-refractivity contribution is 9.10. The van der Waals surface area contributed by atoms with E-state index in [1.54, 1.807) is 0 Å². The van der Waals surface area contributed by atoms with Gasteiger partial charge in [0.05, 0.1) is 18.3 Å². The lowest BCUT2D eigenvalue weighted by atomic mass is 10.2. The van der Waals surface area contributed by atoms with Crippen molar-refractivity contribution in [2.75, 3.05) is 11.9 Å².